The van der Waals surface area contributed by atoms with Crippen LogP contribution in [0.2, 0.25) is 0 Å². The number of hydrogen-bond acceptors (Lipinski definition) is 5. The molecule has 0 radical (unpaired) electrons. The largest absolute Gasteiger partial charge is 0.378 e. The molecule has 1 saturated carbocycles. The van der Waals surface area contributed by atoms with Crippen LogP contribution in [0.5, 0.6) is 0 Å². The van der Waals surface area contributed by atoms with E-state index in [-0.39, 0.29) is 5.82 Å². The summed E-state index contributed by atoms with van der Waals surface area (Å²) in [6.07, 6.45) is 2.27. The molecule has 2 aliphatic rings. The van der Waals surface area contributed by atoms with Crippen molar-refractivity contribution < 1.29 is 13.7 Å². The predicted octanol–water partition coefficient (Wildman–Crippen LogP) is 3.18. The van der Waals surface area contributed by atoms with Gasteiger partial charge >= 0.3 is 0 Å². The van der Waals surface area contributed by atoms with Gasteiger partial charge < -0.3 is 24.4 Å². The lowest BCUT2D eigenvalue weighted by molar-refractivity contribution is 0.120. The zero-order chi connectivity index (χ0) is 19.5. The maximum absolute atomic E-state index is 13.4. The molecule has 1 aromatic heterocycles. The molecular weight excluding hydrogens is 379 g/mol. The molecule has 150 valence electrons. The summed E-state index contributed by atoms with van der Waals surface area (Å²) < 4.78 is 24.7. The van der Waals surface area contributed by atoms with E-state index in [9.17, 15) is 4.39 Å². The summed E-state index contributed by atoms with van der Waals surface area (Å²) in [5.41, 5.74) is 2.57. The van der Waals surface area contributed by atoms with E-state index >= 15 is 0 Å². The second-order valence-corrected chi connectivity index (χ2v) is 7.50. The summed E-state index contributed by atoms with van der Waals surface area (Å²) in [6.45, 7) is 6.27. The summed E-state index contributed by atoms with van der Waals surface area (Å²) >= 11 is 5.62. The number of nitrogens with zero attached hydrogens (tertiary/aromatic N) is 3. The van der Waals surface area contributed by atoms with Crippen molar-refractivity contribution in [3.05, 3.63) is 35.6 Å². The normalized spacial score (nSPS) is 16.9. The first-order valence-corrected chi connectivity index (χ1v) is 10.2. The van der Waals surface area contributed by atoms with Gasteiger partial charge in [0.2, 0.25) is 5.88 Å². The summed E-state index contributed by atoms with van der Waals surface area (Å²) in [4.78, 5) is 4.39. The lowest BCUT2D eigenvalue weighted by Crippen LogP contribution is -2.41. The lowest BCUT2D eigenvalue weighted by Gasteiger charge is -2.29. The van der Waals surface area contributed by atoms with Gasteiger partial charge in [-0.1, -0.05) is 5.16 Å². The Morgan fingerprint density at radius 3 is 2.64 bits per heavy atom. The quantitative estimate of drug-likeness (QED) is 0.742. The van der Waals surface area contributed by atoms with Crippen molar-refractivity contribution in [2.45, 2.75) is 32.4 Å². The van der Waals surface area contributed by atoms with Crippen molar-refractivity contribution in [2.24, 2.45) is 0 Å². The fraction of sp³-hybridized carbons (Fsp3) is 0.500. The van der Waals surface area contributed by atoms with E-state index in [2.05, 4.69) is 20.3 Å². The zero-order valence-electron chi connectivity index (χ0n) is 16.0. The minimum absolute atomic E-state index is 0.268. The van der Waals surface area contributed by atoms with Crippen LogP contribution in [0, 0.1) is 5.82 Å². The Balaban J connectivity index is 1.69. The lowest BCUT2D eigenvalue weighted by atomic mass is 10.1. The van der Waals surface area contributed by atoms with Crippen molar-refractivity contribution in [1.29, 1.82) is 0 Å². The maximum Gasteiger partial charge on any atom is 0.233 e. The van der Waals surface area contributed by atoms with E-state index in [4.69, 9.17) is 21.5 Å². The number of thiocarbonyl (C=S) groups is 1. The average Bonchev–Trinajstić information content (AvgIpc) is 3.47. The molecule has 0 spiro atoms. The molecule has 0 bridgehead atoms. The van der Waals surface area contributed by atoms with Crippen molar-refractivity contribution in [1.82, 2.24) is 15.4 Å². The zero-order valence-corrected chi connectivity index (χ0v) is 16.8. The molecule has 2 fully saturated rings. The summed E-state index contributed by atoms with van der Waals surface area (Å²) in [7, 11) is 0. The van der Waals surface area contributed by atoms with Gasteiger partial charge in [0.25, 0.3) is 0 Å². The number of ether oxygens (including phenoxy) is 1. The van der Waals surface area contributed by atoms with E-state index in [0.29, 0.717) is 25.8 Å². The summed E-state index contributed by atoms with van der Waals surface area (Å²) in [5, 5.41) is 8.38. The first-order valence-electron chi connectivity index (χ1n) is 9.79. The van der Waals surface area contributed by atoms with Crippen molar-refractivity contribution in [2.75, 3.05) is 37.7 Å². The van der Waals surface area contributed by atoms with Crippen molar-refractivity contribution in [3.63, 3.8) is 0 Å². The fourth-order valence-corrected chi connectivity index (χ4v) is 3.83. The molecule has 1 aromatic carbocycles. The van der Waals surface area contributed by atoms with Crippen LogP contribution in [0.25, 0.3) is 11.3 Å². The topological polar surface area (TPSA) is 53.8 Å². The second kappa shape index (κ2) is 8.45. The average molecular weight is 405 g/mol. The van der Waals surface area contributed by atoms with Crippen molar-refractivity contribution in [3.8, 4) is 11.3 Å². The fourth-order valence-electron chi connectivity index (χ4n) is 3.47. The van der Waals surface area contributed by atoms with Crippen LogP contribution in [0.3, 0.4) is 0 Å². The van der Waals surface area contributed by atoms with Gasteiger partial charge in [-0.25, -0.2) is 4.39 Å². The highest BCUT2D eigenvalue weighted by molar-refractivity contribution is 7.80. The number of benzene rings is 1. The molecule has 1 N–H and O–H groups in total. The van der Waals surface area contributed by atoms with E-state index in [1.165, 1.54) is 12.1 Å². The van der Waals surface area contributed by atoms with E-state index in [1.54, 1.807) is 12.1 Å². The Labute approximate surface area is 169 Å². The number of nitrogens with one attached hydrogen (secondary N) is 1. The van der Waals surface area contributed by atoms with Gasteiger partial charge in [-0.05, 0) is 56.2 Å². The smallest absolute Gasteiger partial charge is 0.233 e. The number of hydrogen-bond donors (Lipinski definition) is 1. The number of rotatable bonds is 6. The first-order chi connectivity index (χ1) is 13.7. The molecule has 8 heteroatoms. The third-order valence-electron chi connectivity index (χ3n) is 5.09. The van der Waals surface area contributed by atoms with E-state index in [1.807, 2.05) is 6.92 Å². The standard InChI is InChI=1S/C20H25FN4O2S/c1-2-22-20(28)25(16-7-8-16)13-17-18(14-3-5-15(21)6-4-14)23-27-19(17)24-9-11-26-12-10-24/h3-6,16H,2,7-13H2,1H3,(H,22,28). The van der Waals surface area contributed by atoms with Crippen LogP contribution in [-0.2, 0) is 11.3 Å². The van der Waals surface area contributed by atoms with Gasteiger partial charge in [0.05, 0.1) is 25.3 Å². The Morgan fingerprint density at radius 2 is 2.00 bits per heavy atom. The third kappa shape index (κ3) is 4.12. The molecule has 2 aromatic rings. The Hall–Kier alpha value is -2.19. The SMILES string of the molecule is CCNC(=S)N(Cc1c(-c2ccc(F)cc2)noc1N1CCOCC1)C1CC1. The van der Waals surface area contributed by atoms with Gasteiger partial charge in [-0.2, -0.15) is 0 Å². The molecule has 0 amide bonds. The molecule has 2 heterocycles. The third-order valence-corrected chi connectivity index (χ3v) is 5.47. The number of anilines is 1. The Bertz CT molecular complexity index is 816. The van der Waals surface area contributed by atoms with E-state index in [0.717, 1.165) is 60.3 Å². The molecule has 0 unspecified atom stereocenters. The Morgan fingerprint density at radius 1 is 1.29 bits per heavy atom. The predicted molar refractivity (Wildman–Crippen MR) is 110 cm³/mol. The molecule has 4 rings (SSSR count). The van der Waals surface area contributed by atoms with Crippen LogP contribution < -0.4 is 10.2 Å². The highest BCUT2D eigenvalue weighted by Crippen LogP contribution is 2.36. The Kier molecular flexibility index (Phi) is 5.77. The summed E-state index contributed by atoms with van der Waals surface area (Å²) in [6, 6.07) is 6.82. The van der Waals surface area contributed by atoms with Crippen LogP contribution in [0.4, 0.5) is 10.3 Å². The second-order valence-electron chi connectivity index (χ2n) is 7.12. The highest BCUT2D eigenvalue weighted by atomic mass is 32.1. The molecular formula is C20H25FN4O2S. The number of halogens is 1. The van der Waals surface area contributed by atoms with Gasteiger partial charge in [0, 0.05) is 31.2 Å². The van der Waals surface area contributed by atoms with E-state index < -0.39 is 0 Å². The highest BCUT2D eigenvalue weighted by Gasteiger charge is 2.34. The molecule has 1 aliphatic heterocycles. The van der Waals surface area contributed by atoms with Crippen molar-refractivity contribution >= 4 is 23.2 Å². The van der Waals surface area contributed by atoms with Gasteiger partial charge in [-0.15, -0.1) is 0 Å². The van der Waals surface area contributed by atoms with Gasteiger partial charge in [0.15, 0.2) is 5.11 Å². The van der Waals surface area contributed by atoms with Crippen LogP contribution >= 0.6 is 12.2 Å². The maximum atomic E-state index is 13.4. The molecule has 1 aliphatic carbocycles. The minimum atomic E-state index is -0.268. The molecule has 6 nitrogen and oxygen atoms in total. The molecule has 28 heavy (non-hydrogen) atoms. The molecule has 0 atom stereocenters. The van der Waals surface area contributed by atoms with Crippen LogP contribution in [0.1, 0.15) is 25.3 Å². The minimum Gasteiger partial charge on any atom is -0.378 e. The monoisotopic (exact) mass is 404 g/mol. The first kappa shape index (κ1) is 19.1. The number of aromatic nitrogens is 1. The van der Waals surface area contributed by atoms with Gasteiger partial charge in [-0.3, -0.25) is 0 Å². The van der Waals surface area contributed by atoms with Crippen LogP contribution in [-0.4, -0.2) is 54.1 Å². The molecule has 1 saturated heterocycles. The number of morpholine rings is 1. The summed E-state index contributed by atoms with van der Waals surface area (Å²) in [5.74, 6) is 0.489. The van der Waals surface area contributed by atoms with Gasteiger partial charge in [0.1, 0.15) is 11.5 Å². The van der Waals surface area contributed by atoms with Crippen LogP contribution in [0.15, 0.2) is 28.8 Å².